The van der Waals surface area contributed by atoms with Gasteiger partial charge in [0.05, 0.1) is 12.2 Å². The maximum absolute atomic E-state index is 13.0. The molecule has 1 fully saturated rings. The maximum Gasteiger partial charge on any atom is 0.193 e. The topological polar surface area (TPSA) is 82.2 Å². The number of carbonyl (C=O) groups is 2. The first kappa shape index (κ1) is 22.2. The number of rotatable bonds is 7. The molecule has 7 nitrogen and oxygen atoms in total. The Kier molecular flexibility index (Phi) is 6.71. The molecule has 1 aliphatic rings. The Morgan fingerprint density at radius 3 is 2.37 bits per heavy atom. The van der Waals surface area contributed by atoms with Crippen LogP contribution in [0.4, 0.5) is 5.82 Å². The summed E-state index contributed by atoms with van der Waals surface area (Å²) in [6.45, 7) is 15.2. The monoisotopic (exact) mass is 411 g/mol. The highest BCUT2D eigenvalue weighted by Crippen LogP contribution is 2.22. The third-order valence-corrected chi connectivity index (χ3v) is 5.71. The van der Waals surface area contributed by atoms with E-state index in [0.29, 0.717) is 30.1 Å². The number of aromatic amines is 1. The summed E-state index contributed by atoms with van der Waals surface area (Å²) < 4.78 is 0. The fourth-order valence-corrected chi connectivity index (χ4v) is 4.16. The molecule has 0 bridgehead atoms. The molecule has 0 aliphatic carbocycles. The number of hydrogen-bond acceptors (Lipinski definition) is 6. The lowest BCUT2D eigenvalue weighted by Crippen LogP contribution is -2.48. The molecule has 0 radical (unpaired) electrons. The molecule has 2 aromatic heterocycles. The van der Waals surface area contributed by atoms with E-state index in [9.17, 15) is 9.59 Å². The average molecular weight is 412 g/mol. The summed E-state index contributed by atoms with van der Waals surface area (Å²) in [7, 11) is 0. The molecule has 0 saturated carbocycles. The van der Waals surface area contributed by atoms with Crippen LogP contribution in [0.2, 0.25) is 0 Å². The Morgan fingerprint density at radius 1 is 1.13 bits per heavy atom. The van der Waals surface area contributed by atoms with Gasteiger partial charge < -0.3 is 9.88 Å². The largest absolute Gasteiger partial charge is 0.355 e. The Labute approximate surface area is 178 Å². The van der Waals surface area contributed by atoms with E-state index in [1.165, 1.54) is 0 Å². The molecule has 0 spiro atoms. The van der Waals surface area contributed by atoms with Gasteiger partial charge in [0, 0.05) is 55.1 Å². The van der Waals surface area contributed by atoms with E-state index in [1.807, 2.05) is 26.8 Å². The van der Waals surface area contributed by atoms with Crippen molar-refractivity contribution in [3.8, 4) is 0 Å². The molecular weight excluding hydrogens is 378 g/mol. The van der Waals surface area contributed by atoms with Gasteiger partial charge in [0.1, 0.15) is 11.6 Å². The number of aryl methyl sites for hydroxylation is 2. The van der Waals surface area contributed by atoms with Gasteiger partial charge in [-0.1, -0.05) is 20.8 Å². The third kappa shape index (κ3) is 4.61. The van der Waals surface area contributed by atoms with E-state index < -0.39 is 0 Å². The molecule has 0 atom stereocenters. The average Bonchev–Trinajstić information content (AvgIpc) is 3.04. The highest BCUT2D eigenvalue weighted by Gasteiger charge is 2.25. The summed E-state index contributed by atoms with van der Waals surface area (Å²) in [5.74, 6) is 2.19. The number of carbonyl (C=O) groups excluding carboxylic acids is 2. The van der Waals surface area contributed by atoms with Gasteiger partial charge in [0.25, 0.3) is 0 Å². The number of H-pyrrole nitrogens is 1. The molecule has 3 rings (SSSR count). The number of ketones is 2. The minimum absolute atomic E-state index is 0.00850. The smallest absolute Gasteiger partial charge is 0.193 e. The summed E-state index contributed by atoms with van der Waals surface area (Å²) >= 11 is 0. The number of piperazine rings is 1. The molecular formula is C23H33N5O2. The number of nitrogens with zero attached hydrogens (tertiary/aromatic N) is 4. The second-order valence-electron chi connectivity index (χ2n) is 8.46. The molecule has 7 heteroatoms. The van der Waals surface area contributed by atoms with Gasteiger partial charge in [-0.3, -0.25) is 14.5 Å². The van der Waals surface area contributed by atoms with Crippen LogP contribution in [0.25, 0.3) is 0 Å². The lowest BCUT2D eigenvalue weighted by molar-refractivity contribution is 0.0921. The van der Waals surface area contributed by atoms with E-state index in [1.54, 1.807) is 6.92 Å². The van der Waals surface area contributed by atoms with Gasteiger partial charge in [-0.15, -0.1) is 0 Å². The molecule has 1 aliphatic heterocycles. The van der Waals surface area contributed by atoms with Gasteiger partial charge in [-0.25, -0.2) is 9.97 Å². The van der Waals surface area contributed by atoms with Crippen LogP contribution in [0.15, 0.2) is 6.07 Å². The zero-order chi connectivity index (χ0) is 22.0. The fourth-order valence-electron chi connectivity index (χ4n) is 4.16. The van der Waals surface area contributed by atoms with Crippen molar-refractivity contribution >= 4 is 17.4 Å². The van der Waals surface area contributed by atoms with Gasteiger partial charge in [-0.05, 0) is 32.8 Å². The van der Waals surface area contributed by atoms with Crippen LogP contribution in [0.3, 0.4) is 0 Å². The predicted octanol–water partition coefficient (Wildman–Crippen LogP) is 3.31. The highest BCUT2D eigenvalue weighted by atomic mass is 16.1. The molecule has 0 unspecified atom stereocenters. The zero-order valence-corrected chi connectivity index (χ0v) is 19.0. The molecule has 0 amide bonds. The van der Waals surface area contributed by atoms with Crippen molar-refractivity contribution < 1.29 is 9.59 Å². The molecule has 0 aromatic carbocycles. The van der Waals surface area contributed by atoms with Crippen molar-refractivity contribution in [2.24, 2.45) is 0 Å². The lowest BCUT2D eigenvalue weighted by atomic mass is 10.0. The van der Waals surface area contributed by atoms with Crippen LogP contribution < -0.4 is 4.90 Å². The number of anilines is 1. The summed E-state index contributed by atoms with van der Waals surface area (Å²) in [6, 6.07) is 2.03. The van der Waals surface area contributed by atoms with Crippen LogP contribution >= 0.6 is 0 Å². The summed E-state index contributed by atoms with van der Waals surface area (Å²) in [4.78, 5) is 41.8. The highest BCUT2D eigenvalue weighted by molar-refractivity contribution is 6.04. The standard InChI is InChI=1S/C23H33N5O2/c1-7-18-21(17(6)29)16(5)25-22(18)19(30)13-27-8-10-28(11-9-27)20-12-15(4)24-23(26-20)14(2)3/h12,14,25H,7-11,13H2,1-6H3. The zero-order valence-electron chi connectivity index (χ0n) is 19.0. The fraction of sp³-hybridized carbons (Fsp3) is 0.565. The molecule has 1 N–H and O–H groups in total. The first-order valence-electron chi connectivity index (χ1n) is 10.8. The van der Waals surface area contributed by atoms with Crippen molar-refractivity contribution in [1.82, 2.24) is 19.9 Å². The molecule has 162 valence electrons. The van der Waals surface area contributed by atoms with Gasteiger partial charge in [0.2, 0.25) is 0 Å². The number of nitrogens with one attached hydrogen (secondary N) is 1. The Balaban J connectivity index is 1.66. The minimum atomic E-state index is 0.00850. The second-order valence-corrected chi connectivity index (χ2v) is 8.46. The Bertz CT molecular complexity index is 939. The second kappa shape index (κ2) is 9.08. The van der Waals surface area contributed by atoms with Crippen LogP contribution in [-0.4, -0.2) is 64.1 Å². The van der Waals surface area contributed by atoms with Crippen molar-refractivity contribution in [2.75, 3.05) is 37.6 Å². The number of aromatic nitrogens is 3. The van der Waals surface area contributed by atoms with E-state index in [0.717, 1.165) is 54.8 Å². The first-order chi connectivity index (χ1) is 14.2. The number of hydrogen-bond donors (Lipinski definition) is 1. The maximum atomic E-state index is 13.0. The minimum Gasteiger partial charge on any atom is -0.355 e. The van der Waals surface area contributed by atoms with Crippen molar-refractivity contribution in [2.45, 2.75) is 53.9 Å². The van der Waals surface area contributed by atoms with Crippen LogP contribution in [0.1, 0.15) is 77.2 Å². The molecule has 3 heterocycles. The summed E-state index contributed by atoms with van der Waals surface area (Å²) in [5, 5.41) is 0. The van der Waals surface area contributed by atoms with Crippen LogP contribution in [0.5, 0.6) is 0 Å². The Hall–Kier alpha value is -2.54. The Morgan fingerprint density at radius 2 is 1.80 bits per heavy atom. The summed E-state index contributed by atoms with van der Waals surface area (Å²) in [5.41, 5.74) is 3.88. The van der Waals surface area contributed by atoms with Crippen LogP contribution in [0, 0.1) is 13.8 Å². The van der Waals surface area contributed by atoms with Gasteiger partial charge in [-0.2, -0.15) is 0 Å². The quantitative estimate of drug-likeness (QED) is 0.704. The molecule has 2 aromatic rings. The molecule has 30 heavy (non-hydrogen) atoms. The normalized spacial score (nSPS) is 15.1. The van der Waals surface area contributed by atoms with Crippen LogP contribution in [-0.2, 0) is 6.42 Å². The predicted molar refractivity (Wildman–Crippen MR) is 119 cm³/mol. The van der Waals surface area contributed by atoms with Gasteiger partial charge in [0.15, 0.2) is 11.6 Å². The van der Waals surface area contributed by atoms with Crippen molar-refractivity contribution in [1.29, 1.82) is 0 Å². The van der Waals surface area contributed by atoms with Crippen molar-refractivity contribution in [3.63, 3.8) is 0 Å². The van der Waals surface area contributed by atoms with E-state index in [2.05, 4.69) is 33.6 Å². The van der Waals surface area contributed by atoms with Crippen molar-refractivity contribution in [3.05, 3.63) is 40.1 Å². The SMILES string of the molecule is CCc1c(C(=O)CN2CCN(c3cc(C)nc(C(C)C)n3)CC2)[nH]c(C)c1C(C)=O. The number of Topliss-reactive ketones (excluding diaryl/α,β-unsaturated/α-hetero) is 2. The summed E-state index contributed by atoms with van der Waals surface area (Å²) in [6.07, 6.45) is 0.666. The van der Waals surface area contributed by atoms with Gasteiger partial charge >= 0.3 is 0 Å². The third-order valence-electron chi connectivity index (χ3n) is 5.71. The first-order valence-corrected chi connectivity index (χ1v) is 10.8. The van der Waals surface area contributed by atoms with E-state index >= 15 is 0 Å². The lowest BCUT2D eigenvalue weighted by Gasteiger charge is -2.35. The van der Waals surface area contributed by atoms with E-state index in [4.69, 9.17) is 4.98 Å². The van der Waals surface area contributed by atoms with E-state index in [-0.39, 0.29) is 11.6 Å². The molecule has 1 saturated heterocycles.